The predicted octanol–water partition coefficient (Wildman–Crippen LogP) is 2.67. The molecule has 84 valence electrons. The quantitative estimate of drug-likeness (QED) is 0.459. The topological polar surface area (TPSA) is 37.4 Å². The maximum absolute atomic E-state index is 11.4. The first-order chi connectivity index (χ1) is 7.63. The zero-order valence-corrected chi connectivity index (χ0v) is 10.0. The van der Waals surface area contributed by atoms with Crippen LogP contribution < -0.4 is 0 Å². The Kier molecular flexibility index (Phi) is 4.79. The molecule has 1 rings (SSSR count). The fourth-order valence-corrected chi connectivity index (χ4v) is 1.65. The molecular formula is C12H13NO2S. The molecule has 0 aliphatic heterocycles. The van der Waals surface area contributed by atoms with Gasteiger partial charge in [-0.3, -0.25) is 9.59 Å². The number of amides is 1. The van der Waals surface area contributed by atoms with Gasteiger partial charge in [0.1, 0.15) is 6.29 Å². The second-order valence-corrected chi connectivity index (χ2v) is 4.35. The number of benzene rings is 1. The van der Waals surface area contributed by atoms with E-state index in [2.05, 4.69) is 0 Å². The van der Waals surface area contributed by atoms with Crippen molar-refractivity contribution < 1.29 is 9.59 Å². The summed E-state index contributed by atoms with van der Waals surface area (Å²) in [7, 11) is 3.44. The van der Waals surface area contributed by atoms with Gasteiger partial charge in [-0.2, -0.15) is 0 Å². The molecule has 0 aliphatic rings. The Morgan fingerprint density at radius 2 is 1.88 bits per heavy atom. The molecule has 0 spiro atoms. The van der Waals surface area contributed by atoms with Gasteiger partial charge in [-0.15, -0.1) is 0 Å². The van der Waals surface area contributed by atoms with E-state index in [1.165, 1.54) is 22.7 Å². The van der Waals surface area contributed by atoms with Crippen molar-refractivity contribution in [2.45, 2.75) is 4.90 Å². The van der Waals surface area contributed by atoms with Crippen LogP contribution in [0.15, 0.2) is 35.2 Å². The fourth-order valence-electron chi connectivity index (χ4n) is 0.989. The highest BCUT2D eigenvalue weighted by Gasteiger charge is 2.05. The van der Waals surface area contributed by atoms with Crippen molar-refractivity contribution in [2.24, 2.45) is 0 Å². The van der Waals surface area contributed by atoms with Crippen molar-refractivity contribution in [1.29, 1.82) is 0 Å². The predicted molar refractivity (Wildman–Crippen MR) is 66.5 cm³/mol. The third-order valence-corrected chi connectivity index (χ3v) is 2.87. The first kappa shape index (κ1) is 12.5. The summed E-state index contributed by atoms with van der Waals surface area (Å²) in [5, 5.41) is -0.00353. The zero-order chi connectivity index (χ0) is 12.0. The first-order valence-corrected chi connectivity index (χ1v) is 5.56. The zero-order valence-electron chi connectivity index (χ0n) is 9.21. The largest absolute Gasteiger partial charge is 0.339 e. The molecule has 0 radical (unpaired) electrons. The Bertz CT molecular complexity index is 396. The van der Waals surface area contributed by atoms with E-state index >= 15 is 0 Å². The van der Waals surface area contributed by atoms with Crippen molar-refractivity contribution in [3.05, 3.63) is 35.9 Å². The van der Waals surface area contributed by atoms with Crippen LogP contribution in [0.5, 0.6) is 0 Å². The summed E-state index contributed by atoms with van der Waals surface area (Å²) >= 11 is 1.18. The minimum Gasteiger partial charge on any atom is -0.339 e. The lowest BCUT2D eigenvalue weighted by molar-refractivity contribution is -0.104. The molecule has 0 bridgehead atoms. The van der Waals surface area contributed by atoms with Crippen molar-refractivity contribution in [1.82, 2.24) is 4.90 Å². The van der Waals surface area contributed by atoms with E-state index in [1.807, 2.05) is 24.3 Å². The number of hydrogen-bond acceptors (Lipinski definition) is 3. The van der Waals surface area contributed by atoms with E-state index in [9.17, 15) is 9.59 Å². The van der Waals surface area contributed by atoms with Gasteiger partial charge in [0.2, 0.25) is 0 Å². The number of carbonyl (C=O) groups is 2. The van der Waals surface area contributed by atoms with Gasteiger partial charge in [0.25, 0.3) is 5.24 Å². The molecule has 1 aromatic carbocycles. The van der Waals surface area contributed by atoms with E-state index in [-0.39, 0.29) is 5.24 Å². The molecule has 0 aromatic heterocycles. The average Bonchev–Trinajstić information content (AvgIpc) is 2.28. The summed E-state index contributed by atoms with van der Waals surface area (Å²) < 4.78 is 0. The summed E-state index contributed by atoms with van der Waals surface area (Å²) in [6.45, 7) is 0. The van der Waals surface area contributed by atoms with Gasteiger partial charge >= 0.3 is 0 Å². The minimum atomic E-state index is -0.00353. The normalized spacial score (nSPS) is 10.4. The van der Waals surface area contributed by atoms with Crippen LogP contribution in [0.3, 0.4) is 0 Å². The van der Waals surface area contributed by atoms with E-state index in [1.54, 1.807) is 20.2 Å². The summed E-state index contributed by atoms with van der Waals surface area (Å²) in [5.41, 5.74) is 0.939. The third-order valence-electron chi connectivity index (χ3n) is 1.82. The Balaban J connectivity index is 2.68. The van der Waals surface area contributed by atoms with E-state index < -0.39 is 0 Å². The molecule has 1 amide bonds. The summed E-state index contributed by atoms with van der Waals surface area (Å²) in [4.78, 5) is 23.9. The smallest absolute Gasteiger partial charge is 0.285 e. The van der Waals surface area contributed by atoms with Crippen LogP contribution in [0.4, 0.5) is 4.79 Å². The molecule has 1 aromatic rings. The molecule has 0 aliphatic carbocycles. The number of carbonyl (C=O) groups excluding carboxylic acids is 2. The molecule has 16 heavy (non-hydrogen) atoms. The molecule has 4 heteroatoms. The molecule has 0 atom stereocenters. The highest BCUT2D eigenvalue weighted by atomic mass is 32.2. The van der Waals surface area contributed by atoms with Crippen molar-refractivity contribution in [2.75, 3.05) is 14.1 Å². The van der Waals surface area contributed by atoms with Crippen LogP contribution in [0.25, 0.3) is 6.08 Å². The van der Waals surface area contributed by atoms with Gasteiger partial charge in [0.05, 0.1) is 0 Å². The molecule has 3 nitrogen and oxygen atoms in total. The minimum absolute atomic E-state index is 0.00353. The Morgan fingerprint density at radius 1 is 1.25 bits per heavy atom. The Morgan fingerprint density at radius 3 is 2.38 bits per heavy atom. The molecule has 0 saturated carbocycles. The number of thioether (sulfide) groups is 1. The second-order valence-electron chi connectivity index (χ2n) is 3.33. The van der Waals surface area contributed by atoms with Crippen LogP contribution in [-0.4, -0.2) is 30.5 Å². The van der Waals surface area contributed by atoms with Gasteiger partial charge in [-0.05, 0) is 35.5 Å². The lowest BCUT2D eigenvalue weighted by atomic mass is 10.2. The molecular weight excluding hydrogens is 222 g/mol. The average molecular weight is 235 g/mol. The number of allylic oxidation sites excluding steroid dienone is 1. The van der Waals surface area contributed by atoms with E-state index in [0.717, 1.165) is 16.7 Å². The number of aldehydes is 1. The monoisotopic (exact) mass is 235 g/mol. The number of nitrogens with zero attached hydrogens (tertiary/aromatic N) is 1. The van der Waals surface area contributed by atoms with Crippen molar-refractivity contribution in [3.63, 3.8) is 0 Å². The lowest BCUT2D eigenvalue weighted by Crippen LogP contribution is -2.15. The third kappa shape index (κ3) is 3.90. The maximum Gasteiger partial charge on any atom is 0.285 e. The van der Waals surface area contributed by atoms with Crippen molar-refractivity contribution in [3.8, 4) is 0 Å². The van der Waals surface area contributed by atoms with E-state index in [0.29, 0.717) is 0 Å². The van der Waals surface area contributed by atoms with Gasteiger partial charge in [-0.25, -0.2) is 0 Å². The first-order valence-electron chi connectivity index (χ1n) is 4.74. The van der Waals surface area contributed by atoms with Crippen LogP contribution in [-0.2, 0) is 4.79 Å². The second kappa shape index (κ2) is 6.12. The molecule has 0 N–H and O–H groups in total. The van der Waals surface area contributed by atoms with Gasteiger partial charge in [0.15, 0.2) is 0 Å². The molecule has 0 fully saturated rings. The SMILES string of the molecule is CN(C)C(=O)Sc1ccc(/C=C/C=O)cc1. The van der Waals surface area contributed by atoms with Crippen LogP contribution >= 0.6 is 11.8 Å². The standard InChI is InChI=1S/C12H13NO2S/c1-13(2)12(15)16-11-7-5-10(6-8-11)4-3-9-14/h3-9H,1-2H3/b4-3+. The molecule has 0 saturated heterocycles. The number of rotatable bonds is 3. The van der Waals surface area contributed by atoms with Crippen LogP contribution in [0.1, 0.15) is 5.56 Å². The molecule has 0 unspecified atom stereocenters. The highest BCUT2D eigenvalue weighted by Crippen LogP contribution is 2.21. The van der Waals surface area contributed by atoms with Crippen molar-refractivity contribution >= 4 is 29.4 Å². The van der Waals surface area contributed by atoms with Crippen LogP contribution in [0.2, 0.25) is 0 Å². The van der Waals surface area contributed by atoms with Crippen LogP contribution in [0, 0.1) is 0 Å². The highest BCUT2D eigenvalue weighted by molar-refractivity contribution is 8.13. The number of hydrogen-bond donors (Lipinski definition) is 0. The maximum atomic E-state index is 11.4. The summed E-state index contributed by atoms with van der Waals surface area (Å²) in [5.74, 6) is 0. The van der Waals surface area contributed by atoms with Gasteiger partial charge in [0, 0.05) is 19.0 Å². The van der Waals surface area contributed by atoms with Gasteiger partial charge < -0.3 is 4.90 Å². The Labute approximate surface area is 99.1 Å². The Hall–Kier alpha value is -1.55. The lowest BCUT2D eigenvalue weighted by Gasteiger charge is -2.08. The summed E-state index contributed by atoms with van der Waals surface area (Å²) in [6, 6.07) is 7.45. The fraction of sp³-hybridized carbons (Fsp3) is 0.167. The summed E-state index contributed by atoms with van der Waals surface area (Å²) in [6.07, 6.45) is 3.89. The van der Waals surface area contributed by atoms with E-state index in [4.69, 9.17) is 0 Å². The van der Waals surface area contributed by atoms with Gasteiger partial charge in [-0.1, -0.05) is 18.2 Å². The molecule has 0 heterocycles.